The SMILES string of the molecule is COc1ccc(C2CCN(CC3C[C@H]4CC[C@H]3C4)CC2)c(C)c1.Cc1ccc(C(=O)COc2ccccc2C2CCN([C@H]3C[C@H]4CC[C@H]3C4)CC2)cc1. The number of carbonyl (C=O) groups is 1. The summed E-state index contributed by atoms with van der Waals surface area (Å²) in [5.74, 6) is 8.35. The lowest BCUT2D eigenvalue weighted by molar-refractivity contribution is 0.0917. The molecule has 5 nitrogen and oxygen atoms in total. The zero-order chi connectivity index (χ0) is 36.3. The summed E-state index contributed by atoms with van der Waals surface area (Å²) in [6, 6.07) is 23.5. The second kappa shape index (κ2) is 16.7. The van der Waals surface area contributed by atoms with Gasteiger partial charge in [-0.05, 0) is 181 Å². The minimum Gasteiger partial charge on any atom is -0.497 e. The zero-order valence-electron chi connectivity index (χ0n) is 32.8. The maximum atomic E-state index is 12.5. The van der Waals surface area contributed by atoms with Gasteiger partial charge in [0.2, 0.25) is 0 Å². The van der Waals surface area contributed by atoms with Crippen LogP contribution in [0.15, 0.2) is 66.7 Å². The number of carbonyl (C=O) groups excluding carboxylic acids is 1. The molecule has 2 heterocycles. The van der Waals surface area contributed by atoms with Crippen LogP contribution in [0.5, 0.6) is 11.5 Å². The zero-order valence-corrected chi connectivity index (χ0v) is 32.8. The molecule has 6 aliphatic rings. The highest BCUT2D eigenvalue weighted by Crippen LogP contribution is 2.49. The number of fused-ring (bicyclic) bond motifs is 4. The lowest BCUT2D eigenvalue weighted by Gasteiger charge is -2.40. The number of ketones is 1. The van der Waals surface area contributed by atoms with Gasteiger partial charge in [0.05, 0.1) is 7.11 Å². The minimum atomic E-state index is 0.0379. The number of hydrogen-bond donors (Lipinski definition) is 0. The van der Waals surface area contributed by atoms with Crippen LogP contribution in [0, 0.1) is 43.4 Å². The van der Waals surface area contributed by atoms with Crippen molar-refractivity contribution in [1.29, 1.82) is 0 Å². The molecule has 3 aromatic rings. The number of hydrogen-bond acceptors (Lipinski definition) is 5. The fourth-order valence-corrected chi connectivity index (χ4v) is 11.7. The van der Waals surface area contributed by atoms with E-state index in [1.54, 1.807) is 19.1 Å². The van der Waals surface area contributed by atoms with E-state index >= 15 is 0 Å². The molecule has 53 heavy (non-hydrogen) atoms. The van der Waals surface area contributed by atoms with Crippen LogP contribution in [-0.2, 0) is 0 Å². The lowest BCUT2D eigenvalue weighted by atomic mass is 9.85. The van der Waals surface area contributed by atoms with E-state index in [9.17, 15) is 4.79 Å². The van der Waals surface area contributed by atoms with Crippen LogP contribution in [-0.4, -0.2) is 68.1 Å². The third kappa shape index (κ3) is 8.57. The molecule has 284 valence electrons. The summed E-state index contributed by atoms with van der Waals surface area (Å²) in [7, 11) is 1.75. The first-order chi connectivity index (χ1) is 25.9. The molecule has 0 N–H and O–H groups in total. The van der Waals surface area contributed by atoms with Gasteiger partial charge in [-0.1, -0.05) is 66.9 Å². The van der Waals surface area contributed by atoms with Gasteiger partial charge in [-0.25, -0.2) is 0 Å². The van der Waals surface area contributed by atoms with Crippen LogP contribution in [0.3, 0.4) is 0 Å². The van der Waals surface area contributed by atoms with Crippen LogP contribution in [0.2, 0.25) is 0 Å². The molecule has 4 saturated carbocycles. The van der Waals surface area contributed by atoms with Gasteiger partial charge >= 0.3 is 0 Å². The number of ether oxygens (including phenoxy) is 2. The monoisotopic (exact) mass is 716 g/mol. The first-order valence-corrected chi connectivity index (χ1v) is 21.3. The van der Waals surface area contributed by atoms with Crippen LogP contribution < -0.4 is 9.47 Å². The largest absolute Gasteiger partial charge is 0.497 e. The van der Waals surface area contributed by atoms with Crippen LogP contribution in [0.1, 0.15) is 121 Å². The number of methoxy groups -OCH3 is 1. The standard InChI is InChI=1S/C27H33NO2.C21H31NO/c1-19-6-9-22(10-7-19)26(29)18-30-27-5-3-2-4-24(27)21-12-14-28(15-13-21)25-17-20-8-11-23(25)16-20;1-15-11-20(23-2)5-6-21(15)17-7-9-22(10-8-17)14-19-13-16-3-4-18(19)12-16/h2-7,9-10,20-21,23,25H,8,11-18H2,1H3;5-6,11,16-19H,3-4,7-10,12-14H2,1-2H3/t20-,23-,25-;16-,18-,19?/m00/s1. The Labute approximate surface area is 319 Å². The van der Waals surface area contributed by atoms with Gasteiger partial charge in [-0.15, -0.1) is 0 Å². The Balaban J connectivity index is 0.000000156. The maximum Gasteiger partial charge on any atom is 0.200 e. The van der Waals surface area contributed by atoms with E-state index < -0.39 is 0 Å². The van der Waals surface area contributed by atoms with Crippen LogP contribution in [0.4, 0.5) is 0 Å². The molecule has 5 heteroatoms. The molecule has 0 radical (unpaired) electrons. The molecule has 6 fully saturated rings. The molecule has 2 aliphatic heterocycles. The van der Waals surface area contributed by atoms with Crippen LogP contribution in [0.25, 0.3) is 0 Å². The third-order valence-corrected chi connectivity index (χ3v) is 14.7. The summed E-state index contributed by atoms with van der Waals surface area (Å²) in [6.45, 7) is 10.8. The normalized spacial score (nSPS) is 28.9. The van der Waals surface area contributed by atoms with E-state index in [2.05, 4.69) is 47.1 Å². The number of likely N-dealkylation sites (tertiary alicyclic amines) is 2. The first kappa shape index (κ1) is 36.8. The van der Waals surface area contributed by atoms with E-state index in [-0.39, 0.29) is 12.4 Å². The van der Waals surface area contributed by atoms with Gasteiger partial charge in [0.15, 0.2) is 12.4 Å². The van der Waals surface area contributed by atoms with Crippen molar-refractivity contribution >= 4 is 5.78 Å². The molecular formula is C48H64N2O3. The average molecular weight is 717 g/mol. The molecule has 0 aromatic heterocycles. The number of aryl methyl sites for hydroxylation is 2. The third-order valence-electron chi connectivity index (χ3n) is 14.7. The Kier molecular flexibility index (Phi) is 11.6. The Morgan fingerprint density at radius 2 is 1.38 bits per heavy atom. The Bertz CT molecular complexity index is 1670. The number of rotatable bonds is 10. The summed E-state index contributed by atoms with van der Waals surface area (Å²) < 4.78 is 11.4. The Morgan fingerprint density at radius 1 is 0.698 bits per heavy atom. The fourth-order valence-electron chi connectivity index (χ4n) is 11.7. The number of para-hydroxylation sites is 1. The molecule has 4 aliphatic carbocycles. The first-order valence-electron chi connectivity index (χ1n) is 21.3. The minimum absolute atomic E-state index is 0.0379. The van der Waals surface area contributed by atoms with Crippen molar-refractivity contribution in [3.8, 4) is 11.5 Å². The Hall–Kier alpha value is -3.15. The van der Waals surface area contributed by atoms with Crippen LogP contribution >= 0.6 is 0 Å². The quantitative estimate of drug-likeness (QED) is 0.196. The van der Waals surface area contributed by atoms with E-state index in [0.717, 1.165) is 64.2 Å². The van der Waals surface area contributed by atoms with E-state index in [1.807, 2.05) is 43.3 Å². The van der Waals surface area contributed by atoms with E-state index in [1.165, 1.54) is 114 Å². The Morgan fingerprint density at radius 3 is 2.02 bits per heavy atom. The number of nitrogens with zero attached hydrogens (tertiary/aromatic N) is 2. The molecule has 2 saturated heterocycles. The number of benzene rings is 3. The van der Waals surface area contributed by atoms with Crippen molar-refractivity contribution in [3.63, 3.8) is 0 Å². The highest BCUT2D eigenvalue weighted by molar-refractivity contribution is 5.97. The topological polar surface area (TPSA) is 42.0 Å². The summed E-state index contributed by atoms with van der Waals surface area (Å²) in [5.41, 5.74) is 6.11. The van der Waals surface area contributed by atoms with Crippen molar-refractivity contribution < 1.29 is 14.3 Å². The van der Waals surface area contributed by atoms with E-state index in [4.69, 9.17) is 9.47 Å². The van der Waals surface area contributed by atoms with Gasteiger partial charge in [0.1, 0.15) is 11.5 Å². The van der Waals surface area contributed by atoms with Crippen molar-refractivity contribution in [1.82, 2.24) is 9.80 Å². The fraction of sp³-hybridized carbons (Fsp3) is 0.604. The highest BCUT2D eigenvalue weighted by Gasteiger charge is 2.43. The van der Waals surface area contributed by atoms with E-state index in [0.29, 0.717) is 5.92 Å². The highest BCUT2D eigenvalue weighted by atomic mass is 16.5. The second-order valence-electron chi connectivity index (χ2n) is 17.9. The summed E-state index contributed by atoms with van der Waals surface area (Å²) in [5, 5.41) is 0. The van der Waals surface area contributed by atoms with Gasteiger partial charge in [0, 0.05) is 18.2 Å². The molecule has 1 unspecified atom stereocenters. The summed E-state index contributed by atoms with van der Waals surface area (Å²) >= 11 is 0. The molecule has 0 spiro atoms. The van der Waals surface area contributed by atoms with Gasteiger partial charge in [-0.2, -0.15) is 0 Å². The van der Waals surface area contributed by atoms with Crippen molar-refractivity contribution in [2.24, 2.45) is 29.6 Å². The molecule has 9 rings (SSSR count). The molecule has 4 bridgehead atoms. The predicted molar refractivity (Wildman–Crippen MR) is 215 cm³/mol. The summed E-state index contributed by atoms with van der Waals surface area (Å²) in [4.78, 5) is 18.1. The van der Waals surface area contributed by atoms with Gasteiger partial charge in [-0.3, -0.25) is 4.79 Å². The van der Waals surface area contributed by atoms with Gasteiger partial charge in [0.25, 0.3) is 0 Å². The second-order valence-corrected chi connectivity index (χ2v) is 17.9. The molecule has 3 aromatic carbocycles. The molecule has 0 amide bonds. The van der Waals surface area contributed by atoms with Crippen molar-refractivity contribution in [2.75, 3.05) is 46.4 Å². The smallest absolute Gasteiger partial charge is 0.200 e. The molecular weight excluding hydrogens is 653 g/mol. The summed E-state index contributed by atoms with van der Waals surface area (Å²) in [6.07, 6.45) is 17.0. The van der Waals surface area contributed by atoms with Gasteiger partial charge < -0.3 is 19.3 Å². The lowest BCUT2D eigenvalue weighted by Crippen LogP contribution is -2.43. The predicted octanol–water partition coefficient (Wildman–Crippen LogP) is 10.2. The maximum absolute atomic E-state index is 12.5. The van der Waals surface area contributed by atoms with Crippen molar-refractivity contribution in [3.05, 3.63) is 94.5 Å². The number of Topliss-reactive ketones (excluding diaryl/α,β-unsaturated/α-hetero) is 1. The number of piperidine rings is 2. The molecule has 6 atom stereocenters. The van der Waals surface area contributed by atoms with Crippen molar-refractivity contribution in [2.45, 2.75) is 109 Å². The average Bonchev–Trinajstić information content (AvgIpc) is 4.02.